The average molecular weight is 421 g/mol. The number of nitrogens with zero attached hydrogens (tertiary/aromatic N) is 2. The van der Waals surface area contributed by atoms with Crippen molar-refractivity contribution in [2.75, 3.05) is 26.1 Å². The van der Waals surface area contributed by atoms with Crippen LogP contribution < -0.4 is 20.1 Å². The largest absolute Gasteiger partial charge is 0.493 e. The number of azo groups is 1. The summed E-state index contributed by atoms with van der Waals surface area (Å²) in [5.74, 6) is 1.44. The maximum Gasteiger partial charge on any atom is 0.170 e. The van der Waals surface area contributed by atoms with Gasteiger partial charge in [-0.05, 0) is 72.7 Å². The van der Waals surface area contributed by atoms with Crippen molar-refractivity contribution in [3.63, 3.8) is 0 Å². The van der Waals surface area contributed by atoms with Gasteiger partial charge in [0.05, 0.1) is 25.6 Å². The fourth-order valence-corrected chi connectivity index (χ4v) is 2.97. The van der Waals surface area contributed by atoms with Crippen LogP contribution in [-0.2, 0) is 6.42 Å². The van der Waals surface area contributed by atoms with Crippen molar-refractivity contribution in [3.8, 4) is 11.5 Å². The molecule has 0 aromatic heterocycles. The third-order valence-corrected chi connectivity index (χ3v) is 4.56. The first-order valence-electron chi connectivity index (χ1n) is 9.50. The van der Waals surface area contributed by atoms with Crippen LogP contribution in [0.25, 0.3) is 0 Å². The molecule has 0 aliphatic heterocycles. The van der Waals surface area contributed by atoms with Crippen molar-refractivity contribution in [1.82, 2.24) is 5.32 Å². The summed E-state index contributed by atoms with van der Waals surface area (Å²) in [4.78, 5) is 0. The number of hydrogen-bond acceptors (Lipinski definition) is 5. The van der Waals surface area contributed by atoms with Gasteiger partial charge in [-0.25, -0.2) is 0 Å². The van der Waals surface area contributed by atoms with Gasteiger partial charge in [-0.3, -0.25) is 0 Å². The molecule has 154 valence electrons. The molecule has 0 fully saturated rings. The van der Waals surface area contributed by atoms with Crippen molar-refractivity contribution in [1.29, 1.82) is 0 Å². The van der Waals surface area contributed by atoms with Crippen molar-refractivity contribution in [2.24, 2.45) is 10.2 Å². The predicted molar refractivity (Wildman–Crippen MR) is 125 cm³/mol. The number of methoxy groups -OCH3 is 2. The smallest absolute Gasteiger partial charge is 0.170 e. The number of hydrogen-bond donors (Lipinski definition) is 2. The van der Waals surface area contributed by atoms with E-state index < -0.39 is 0 Å². The number of rotatable bonds is 8. The lowest BCUT2D eigenvalue weighted by Gasteiger charge is -2.12. The van der Waals surface area contributed by atoms with Gasteiger partial charge in [0.15, 0.2) is 16.6 Å². The van der Waals surface area contributed by atoms with Crippen LogP contribution in [0.5, 0.6) is 11.5 Å². The zero-order valence-corrected chi connectivity index (χ0v) is 17.8. The van der Waals surface area contributed by atoms with Gasteiger partial charge in [-0.15, -0.1) is 0 Å². The summed E-state index contributed by atoms with van der Waals surface area (Å²) in [7, 11) is 3.26. The molecule has 0 aliphatic rings. The minimum atomic E-state index is 0.564. The monoisotopic (exact) mass is 420 g/mol. The van der Waals surface area contributed by atoms with E-state index in [0.717, 1.165) is 40.5 Å². The Morgan fingerprint density at radius 1 is 0.833 bits per heavy atom. The first-order valence-corrected chi connectivity index (χ1v) is 9.91. The maximum atomic E-state index is 5.38. The Kier molecular flexibility index (Phi) is 7.74. The van der Waals surface area contributed by atoms with Gasteiger partial charge in [0.1, 0.15) is 0 Å². The van der Waals surface area contributed by atoms with Crippen molar-refractivity contribution in [2.45, 2.75) is 6.42 Å². The van der Waals surface area contributed by atoms with Crippen LogP contribution >= 0.6 is 12.2 Å². The summed E-state index contributed by atoms with van der Waals surface area (Å²) in [5.41, 5.74) is 3.62. The average Bonchev–Trinajstić information content (AvgIpc) is 2.79. The van der Waals surface area contributed by atoms with Crippen LogP contribution in [0.15, 0.2) is 83.0 Å². The topological polar surface area (TPSA) is 67.2 Å². The third-order valence-electron chi connectivity index (χ3n) is 4.31. The third kappa shape index (κ3) is 6.28. The molecular formula is C23H24N4O2S. The lowest BCUT2D eigenvalue weighted by atomic mass is 10.1. The van der Waals surface area contributed by atoms with Crippen LogP contribution in [-0.4, -0.2) is 25.9 Å². The van der Waals surface area contributed by atoms with Gasteiger partial charge >= 0.3 is 0 Å². The highest BCUT2D eigenvalue weighted by molar-refractivity contribution is 7.80. The molecule has 7 heteroatoms. The molecule has 0 aliphatic carbocycles. The Balaban J connectivity index is 1.46. The Hall–Kier alpha value is -3.45. The van der Waals surface area contributed by atoms with E-state index in [-0.39, 0.29) is 0 Å². The van der Waals surface area contributed by atoms with E-state index in [9.17, 15) is 0 Å². The molecule has 0 radical (unpaired) electrons. The lowest BCUT2D eigenvalue weighted by Crippen LogP contribution is -2.30. The van der Waals surface area contributed by atoms with E-state index in [1.165, 1.54) is 0 Å². The fraction of sp³-hybridized carbons (Fsp3) is 0.174. The molecule has 3 aromatic rings. The molecule has 6 nitrogen and oxygen atoms in total. The molecule has 2 N–H and O–H groups in total. The Bertz CT molecular complexity index is 992. The zero-order chi connectivity index (χ0) is 21.2. The van der Waals surface area contributed by atoms with Gasteiger partial charge in [0.2, 0.25) is 0 Å². The van der Waals surface area contributed by atoms with Crippen LogP contribution in [0.1, 0.15) is 5.56 Å². The minimum Gasteiger partial charge on any atom is -0.493 e. The Morgan fingerprint density at radius 2 is 1.50 bits per heavy atom. The van der Waals surface area contributed by atoms with Crippen LogP contribution in [0.2, 0.25) is 0 Å². The molecule has 0 heterocycles. The number of ether oxygens (including phenoxy) is 2. The second kappa shape index (κ2) is 10.9. The lowest BCUT2D eigenvalue weighted by molar-refractivity contribution is 0.354. The summed E-state index contributed by atoms with van der Waals surface area (Å²) in [5, 5.41) is 15.4. The molecule has 0 unspecified atom stereocenters. The highest BCUT2D eigenvalue weighted by Gasteiger charge is 2.05. The summed E-state index contributed by atoms with van der Waals surface area (Å²) >= 11 is 5.38. The second-order valence-corrected chi connectivity index (χ2v) is 6.81. The van der Waals surface area contributed by atoms with Crippen LogP contribution in [0, 0.1) is 0 Å². The second-order valence-electron chi connectivity index (χ2n) is 6.40. The van der Waals surface area contributed by atoms with Gasteiger partial charge in [0, 0.05) is 12.2 Å². The number of benzene rings is 3. The van der Waals surface area contributed by atoms with E-state index in [4.69, 9.17) is 21.7 Å². The molecule has 30 heavy (non-hydrogen) atoms. The normalized spacial score (nSPS) is 10.6. The summed E-state index contributed by atoms with van der Waals surface area (Å²) in [6.45, 7) is 0.699. The number of anilines is 1. The quantitative estimate of drug-likeness (QED) is 0.364. The van der Waals surface area contributed by atoms with Crippen LogP contribution in [0.3, 0.4) is 0 Å². The molecule has 3 aromatic carbocycles. The summed E-state index contributed by atoms with van der Waals surface area (Å²) in [6, 6.07) is 23.1. The van der Waals surface area contributed by atoms with Crippen molar-refractivity contribution in [3.05, 3.63) is 78.4 Å². The molecule has 0 spiro atoms. The molecule has 3 rings (SSSR count). The molecular weight excluding hydrogens is 396 g/mol. The zero-order valence-electron chi connectivity index (χ0n) is 17.0. The van der Waals surface area contributed by atoms with Gasteiger partial charge < -0.3 is 20.1 Å². The van der Waals surface area contributed by atoms with E-state index in [1.54, 1.807) is 14.2 Å². The molecule has 0 atom stereocenters. The van der Waals surface area contributed by atoms with Crippen molar-refractivity contribution < 1.29 is 9.47 Å². The van der Waals surface area contributed by atoms with E-state index in [0.29, 0.717) is 11.7 Å². The van der Waals surface area contributed by atoms with Crippen molar-refractivity contribution >= 4 is 34.4 Å². The van der Waals surface area contributed by atoms with E-state index >= 15 is 0 Å². The number of nitrogens with one attached hydrogen (secondary N) is 2. The fourth-order valence-electron chi connectivity index (χ4n) is 2.75. The van der Waals surface area contributed by atoms with Gasteiger partial charge in [-0.2, -0.15) is 10.2 Å². The Labute approximate surface area is 182 Å². The predicted octanol–water partition coefficient (Wildman–Crippen LogP) is 5.65. The Morgan fingerprint density at radius 3 is 2.17 bits per heavy atom. The summed E-state index contributed by atoms with van der Waals surface area (Å²) < 4.78 is 10.6. The van der Waals surface area contributed by atoms with Crippen LogP contribution in [0.4, 0.5) is 17.1 Å². The van der Waals surface area contributed by atoms with Gasteiger partial charge in [-0.1, -0.05) is 24.3 Å². The first kappa shape index (κ1) is 21.3. The molecule has 0 saturated heterocycles. The standard InChI is InChI=1S/C23H24N4O2S/c1-28-21-13-8-17(16-22(21)29-2)14-15-24-23(30)25-18-9-11-20(12-10-18)27-26-19-6-4-3-5-7-19/h3-13,16H,14-15H2,1-2H3,(H2,24,25,30). The minimum absolute atomic E-state index is 0.564. The van der Waals surface area contributed by atoms with Gasteiger partial charge in [0.25, 0.3) is 0 Å². The first-order chi connectivity index (χ1) is 14.7. The number of thiocarbonyl (C=S) groups is 1. The SMILES string of the molecule is COc1ccc(CCNC(=S)Nc2ccc(N=Nc3ccccc3)cc2)cc1OC. The molecule has 0 saturated carbocycles. The molecule has 0 bridgehead atoms. The summed E-state index contributed by atoms with van der Waals surface area (Å²) in [6.07, 6.45) is 0.807. The van der Waals surface area contributed by atoms with E-state index in [2.05, 4.69) is 20.9 Å². The highest BCUT2D eigenvalue weighted by atomic mass is 32.1. The highest BCUT2D eigenvalue weighted by Crippen LogP contribution is 2.27. The molecule has 0 amide bonds. The maximum absolute atomic E-state index is 5.38. The van der Waals surface area contributed by atoms with E-state index in [1.807, 2.05) is 72.8 Å².